The Hall–Kier alpha value is -2.12. The zero-order chi connectivity index (χ0) is 15.2. The third-order valence-electron chi connectivity index (χ3n) is 4.21. The Kier molecular flexibility index (Phi) is 4.87. The fraction of sp³-hybridized carbons (Fsp3) is 0.238. The summed E-state index contributed by atoms with van der Waals surface area (Å²) in [5, 5.41) is 6.26. The van der Waals surface area contributed by atoms with Gasteiger partial charge in [0.15, 0.2) is 0 Å². The van der Waals surface area contributed by atoms with Gasteiger partial charge < -0.3 is 5.32 Å². The van der Waals surface area contributed by atoms with Crippen molar-refractivity contribution in [1.29, 1.82) is 0 Å². The van der Waals surface area contributed by atoms with E-state index in [4.69, 9.17) is 0 Å². The average Bonchev–Trinajstić information content (AvgIpc) is 2.59. The summed E-state index contributed by atoms with van der Waals surface area (Å²) in [5.41, 5.74) is 2.78. The first-order valence-corrected chi connectivity index (χ1v) is 8.09. The first-order valence-electron chi connectivity index (χ1n) is 8.09. The Labute approximate surface area is 133 Å². The van der Waals surface area contributed by atoms with Gasteiger partial charge in [-0.3, -0.25) is 0 Å². The van der Waals surface area contributed by atoms with Crippen molar-refractivity contribution in [2.45, 2.75) is 25.8 Å². The topological polar surface area (TPSA) is 12.0 Å². The van der Waals surface area contributed by atoms with Gasteiger partial charge in [0.2, 0.25) is 0 Å². The molecule has 3 aromatic rings. The number of benzene rings is 3. The van der Waals surface area contributed by atoms with Gasteiger partial charge in [-0.25, -0.2) is 0 Å². The molecule has 1 unspecified atom stereocenters. The van der Waals surface area contributed by atoms with Crippen LogP contribution >= 0.6 is 0 Å². The van der Waals surface area contributed by atoms with Crippen molar-refractivity contribution in [3.05, 3.63) is 83.9 Å². The van der Waals surface area contributed by atoms with Crippen LogP contribution < -0.4 is 5.32 Å². The zero-order valence-corrected chi connectivity index (χ0v) is 13.1. The number of fused-ring (bicyclic) bond motifs is 1. The van der Waals surface area contributed by atoms with E-state index in [2.05, 4.69) is 85.0 Å². The van der Waals surface area contributed by atoms with E-state index in [0.717, 1.165) is 13.0 Å². The van der Waals surface area contributed by atoms with E-state index >= 15 is 0 Å². The molecule has 22 heavy (non-hydrogen) atoms. The Morgan fingerprint density at radius 3 is 2.36 bits per heavy atom. The Balaban J connectivity index is 1.53. The zero-order valence-electron chi connectivity index (χ0n) is 13.1. The van der Waals surface area contributed by atoms with E-state index in [9.17, 15) is 0 Å². The maximum Gasteiger partial charge on any atom is 0.0292 e. The molecular formula is C21H23N. The van der Waals surface area contributed by atoms with Crippen molar-refractivity contribution in [2.75, 3.05) is 6.54 Å². The van der Waals surface area contributed by atoms with Gasteiger partial charge >= 0.3 is 0 Å². The molecule has 1 nitrogen and oxygen atoms in total. The lowest BCUT2D eigenvalue weighted by atomic mass is 10.0. The van der Waals surface area contributed by atoms with Gasteiger partial charge in [-0.05, 0) is 54.3 Å². The van der Waals surface area contributed by atoms with E-state index in [0.29, 0.717) is 6.04 Å². The maximum atomic E-state index is 3.63. The molecule has 0 fully saturated rings. The highest BCUT2D eigenvalue weighted by Crippen LogP contribution is 2.20. The summed E-state index contributed by atoms with van der Waals surface area (Å²) in [6.45, 7) is 3.29. The number of aryl methyl sites for hydroxylation is 1. The Morgan fingerprint density at radius 2 is 1.55 bits per heavy atom. The van der Waals surface area contributed by atoms with Crippen LogP contribution in [0.15, 0.2) is 72.8 Å². The van der Waals surface area contributed by atoms with Gasteiger partial charge in [-0.15, -0.1) is 0 Å². The van der Waals surface area contributed by atoms with Gasteiger partial charge in [-0.2, -0.15) is 0 Å². The van der Waals surface area contributed by atoms with Gasteiger partial charge in [0.25, 0.3) is 0 Å². The lowest BCUT2D eigenvalue weighted by Crippen LogP contribution is -2.20. The van der Waals surface area contributed by atoms with Crippen LogP contribution in [-0.4, -0.2) is 6.54 Å². The van der Waals surface area contributed by atoms with Crippen LogP contribution in [0.5, 0.6) is 0 Å². The molecule has 112 valence electrons. The molecule has 0 spiro atoms. The molecule has 1 atom stereocenters. The number of hydrogen-bond donors (Lipinski definition) is 1. The van der Waals surface area contributed by atoms with Crippen molar-refractivity contribution in [3.63, 3.8) is 0 Å². The number of nitrogens with one attached hydrogen (secondary N) is 1. The van der Waals surface area contributed by atoms with Gasteiger partial charge in [0.1, 0.15) is 0 Å². The van der Waals surface area contributed by atoms with Crippen LogP contribution in [-0.2, 0) is 6.42 Å². The molecule has 0 radical (unpaired) electrons. The van der Waals surface area contributed by atoms with Crippen LogP contribution in [0.1, 0.15) is 30.5 Å². The quantitative estimate of drug-likeness (QED) is 0.621. The smallest absolute Gasteiger partial charge is 0.0292 e. The molecule has 3 aromatic carbocycles. The fourth-order valence-corrected chi connectivity index (χ4v) is 2.85. The summed E-state index contributed by atoms with van der Waals surface area (Å²) in [5.74, 6) is 0. The van der Waals surface area contributed by atoms with Crippen molar-refractivity contribution in [2.24, 2.45) is 0 Å². The predicted molar refractivity (Wildman–Crippen MR) is 95.1 cm³/mol. The lowest BCUT2D eigenvalue weighted by Gasteiger charge is -2.15. The van der Waals surface area contributed by atoms with Gasteiger partial charge in [0.05, 0.1) is 0 Å². The van der Waals surface area contributed by atoms with E-state index in [-0.39, 0.29) is 0 Å². The Morgan fingerprint density at radius 1 is 0.818 bits per heavy atom. The second-order valence-electron chi connectivity index (χ2n) is 5.87. The Bertz CT molecular complexity index is 718. The molecule has 0 aliphatic heterocycles. The summed E-state index contributed by atoms with van der Waals surface area (Å²) in [6.07, 6.45) is 2.31. The van der Waals surface area contributed by atoms with Crippen LogP contribution in [0, 0.1) is 0 Å². The lowest BCUT2D eigenvalue weighted by molar-refractivity contribution is 0.559. The summed E-state index contributed by atoms with van der Waals surface area (Å²) in [4.78, 5) is 0. The van der Waals surface area contributed by atoms with E-state index < -0.39 is 0 Å². The molecule has 0 bridgehead atoms. The molecule has 0 aliphatic rings. The molecule has 3 rings (SSSR count). The second kappa shape index (κ2) is 7.24. The molecule has 0 amide bonds. The molecule has 1 N–H and O–H groups in total. The molecular weight excluding hydrogens is 266 g/mol. The number of hydrogen-bond acceptors (Lipinski definition) is 1. The third kappa shape index (κ3) is 3.75. The normalized spacial score (nSPS) is 12.4. The highest BCUT2D eigenvalue weighted by molar-refractivity contribution is 5.83. The minimum atomic E-state index is 0.389. The van der Waals surface area contributed by atoms with Crippen molar-refractivity contribution < 1.29 is 0 Å². The fourth-order valence-electron chi connectivity index (χ4n) is 2.85. The molecule has 0 aliphatic carbocycles. The van der Waals surface area contributed by atoms with Crippen molar-refractivity contribution in [3.8, 4) is 0 Å². The van der Waals surface area contributed by atoms with Crippen molar-refractivity contribution in [1.82, 2.24) is 5.32 Å². The molecule has 1 heteroatoms. The van der Waals surface area contributed by atoms with Gasteiger partial charge in [-0.1, -0.05) is 66.7 Å². The summed E-state index contributed by atoms with van der Waals surface area (Å²) >= 11 is 0. The summed E-state index contributed by atoms with van der Waals surface area (Å²) in [7, 11) is 0. The van der Waals surface area contributed by atoms with Crippen LogP contribution in [0.4, 0.5) is 0 Å². The summed E-state index contributed by atoms with van der Waals surface area (Å²) < 4.78 is 0. The van der Waals surface area contributed by atoms with Crippen molar-refractivity contribution >= 4 is 10.8 Å². The minimum Gasteiger partial charge on any atom is -0.310 e. The highest BCUT2D eigenvalue weighted by atomic mass is 14.9. The largest absolute Gasteiger partial charge is 0.310 e. The molecule has 0 heterocycles. The maximum absolute atomic E-state index is 3.63. The monoisotopic (exact) mass is 289 g/mol. The summed E-state index contributed by atoms with van der Waals surface area (Å²) in [6, 6.07) is 26.4. The minimum absolute atomic E-state index is 0.389. The van der Waals surface area contributed by atoms with E-state index in [1.54, 1.807) is 0 Å². The average molecular weight is 289 g/mol. The molecule has 0 saturated heterocycles. The first-order chi connectivity index (χ1) is 10.8. The van der Waals surface area contributed by atoms with Crippen LogP contribution in [0.3, 0.4) is 0 Å². The first kappa shape index (κ1) is 14.8. The van der Waals surface area contributed by atoms with Gasteiger partial charge in [0, 0.05) is 6.04 Å². The highest BCUT2D eigenvalue weighted by Gasteiger charge is 2.05. The van der Waals surface area contributed by atoms with E-state index in [1.165, 1.54) is 28.3 Å². The standard InChI is InChI=1S/C21H23N/c1-17(22-15-7-10-18-8-3-2-4-9-18)20-14-13-19-11-5-6-12-21(19)16-20/h2-6,8-9,11-14,16-17,22H,7,10,15H2,1H3. The predicted octanol–water partition coefficient (Wildman–Crippen LogP) is 5.12. The molecule has 0 saturated carbocycles. The van der Waals surface area contributed by atoms with E-state index in [1.807, 2.05) is 0 Å². The van der Waals surface area contributed by atoms with Crippen LogP contribution in [0.2, 0.25) is 0 Å². The number of rotatable bonds is 6. The second-order valence-corrected chi connectivity index (χ2v) is 5.87. The SMILES string of the molecule is CC(NCCCc1ccccc1)c1ccc2ccccc2c1. The van der Waals surface area contributed by atoms with Crippen LogP contribution in [0.25, 0.3) is 10.8 Å². The molecule has 0 aromatic heterocycles. The third-order valence-corrected chi connectivity index (χ3v) is 4.21.